The molecule has 8 heteroatoms. The van der Waals surface area contributed by atoms with Crippen LogP contribution in [0, 0.1) is 6.92 Å². The third-order valence-corrected chi connectivity index (χ3v) is 4.09. The summed E-state index contributed by atoms with van der Waals surface area (Å²) in [5.41, 5.74) is 3.31. The molecule has 0 amide bonds. The van der Waals surface area contributed by atoms with Gasteiger partial charge in [0.05, 0.1) is 24.1 Å². The van der Waals surface area contributed by atoms with Crippen molar-refractivity contribution in [2.24, 2.45) is 0 Å². The second-order valence-electron chi connectivity index (χ2n) is 5.76. The molecule has 27 heavy (non-hydrogen) atoms. The van der Waals surface area contributed by atoms with Gasteiger partial charge in [-0.3, -0.25) is 0 Å². The van der Waals surface area contributed by atoms with Crippen LogP contribution in [0.25, 0.3) is 28.7 Å². The number of hydrogen-bond donors (Lipinski definition) is 0. The maximum atomic E-state index is 11.6. The Morgan fingerprint density at radius 1 is 1.07 bits per heavy atom. The van der Waals surface area contributed by atoms with E-state index >= 15 is 0 Å². The number of aromatic nitrogens is 5. The zero-order chi connectivity index (χ0) is 18.8. The fraction of sp³-hybridized carbons (Fsp3) is 0.105. The third kappa shape index (κ3) is 3.08. The fourth-order valence-electron chi connectivity index (χ4n) is 2.65. The predicted octanol–water partition coefficient (Wildman–Crippen LogP) is 3.08. The second kappa shape index (κ2) is 6.83. The van der Waals surface area contributed by atoms with Gasteiger partial charge in [-0.1, -0.05) is 40.7 Å². The van der Waals surface area contributed by atoms with E-state index in [2.05, 4.69) is 20.5 Å². The van der Waals surface area contributed by atoms with Gasteiger partial charge in [0.25, 0.3) is 5.89 Å². The van der Waals surface area contributed by atoms with Crippen LogP contribution in [0.5, 0.6) is 0 Å². The van der Waals surface area contributed by atoms with Gasteiger partial charge in [0.1, 0.15) is 0 Å². The van der Waals surface area contributed by atoms with Crippen molar-refractivity contribution in [1.29, 1.82) is 0 Å². The molecule has 0 unspecified atom stereocenters. The number of ether oxygens (including phenoxy) is 1. The monoisotopic (exact) mass is 361 g/mol. The molecule has 0 bridgehead atoms. The van der Waals surface area contributed by atoms with E-state index in [1.165, 1.54) is 7.11 Å². The van der Waals surface area contributed by atoms with Crippen LogP contribution in [-0.4, -0.2) is 38.2 Å². The smallest absolute Gasteiger partial charge is 0.337 e. The highest BCUT2D eigenvalue weighted by molar-refractivity contribution is 5.89. The van der Waals surface area contributed by atoms with Crippen LogP contribution in [0.3, 0.4) is 0 Å². The van der Waals surface area contributed by atoms with Gasteiger partial charge in [0.2, 0.25) is 5.82 Å². The Kier molecular flexibility index (Phi) is 4.21. The summed E-state index contributed by atoms with van der Waals surface area (Å²) in [6, 6.07) is 16.4. The van der Waals surface area contributed by atoms with Crippen molar-refractivity contribution < 1.29 is 14.1 Å². The molecule has 0 saturated heterocycles. The molecule has 0 fully saturated rings. The number of methoxy groups -OCH3 is 1. The van der Waals surface area contributed by atoms with Crippen molar-refractivity contribution in [3.8, 4) is 28.7 Å². The number of nitrogens with zero attached hydrogens (tertiary/aromatic N) is 5. The first kappa shape index (κ1) is 16.6. The summed E-state index contributed by atoms with van der Waals surface area (Å²) in [5, 5.41) is 12.3. The quantitative estimate of drug-likeness (QED) is 0.515. The Labute approximate surface area is 154 Å². The van der Waals surface area contributed by atoms with Crippen LogP contribution >= 0.6 is 0 Å². The Balaban J connectivity index is 1.65. The summed E-state index contributed by atoms with van der Waals surface area (Å²) >= 11 is 0. The molecule has 0 N–H and O–H groups in total. The van der Waals surface area contributed by atoms with Gasteiger partial charge in [-0.25, -0.2) is 9.48 Å². The number of benzene rings is 2. The van der Waals surface area contributed by atoms with Crippen LogP contribution in [0.1, 0.15) is 16.1 Å². The predicted molar refractivity (Wildman–Crippen MR) is 96.2 cm³/mol. The Morgan fingerprint density at radius 3 is 2.52 bits per heavy atom. The van der Waals surface area contributed by atoms with Crippen LogP contribution in [-0.2, 0) is 4.74 Å². The van der Waals surface area contributed by atoms with Gasteiger partial charge in [0.15, 0.2) is 5.69 Å². The van der Waals surface area contributed by atoms with Crippen molar-refractivity contribution in [3.63, 3.8) is 0 Å². The zero-order valence-electron chi connectivity index (χ0n) is 14.7. The number of carbonyl (C=O) groups is 1. The highest BCUT2D eigenvalue weighted by Crippen LogP contribution is 2.24. The van der Waals surface area contributed by atoms with Crippen molar-refractivity contribution in [3.05, 3.63) is 65.9 Å². The maximum Gasteiger partial charge on any atom is 0.337 e. The molecule has 2 heterocycles. The summed E-state index contributed by atoms with van der Waals surface area (Å²) in [6.07, 6.45) is 0. The molecule has 0 atom stereocenters. The van der Waals surface area contributed by atoms with E-state index in [1.54, 1.807) is 28.9 Å². The molecule has 0 aliphatic rings. The van der Waals surface area contributed by atoms with E-state index in [4.69, 9.17) is 9.26 Å². The lowest BCUT2D eigenvalue weighted by Crippen LogP contribution is -2.03. The molecule has 0 aliphatic carbocycles. The standard InChI is InChI=1S/C19H15N5O3/c1-12-16(18-20-17(22-27-18)13-6-4-3-5-7-13)21-23-24(12)15-10-8-14(9-11-15)19(25)26-2/h3-11H,1-2H3. The maximum absolute atomic E-state index is 11.6. The summed E-state index contributed by atoms with van der Waals surface area (Å²) in [4.78, 5) is 16.0. The van der Waals surface area contributed by atoms with Crippen LogP contribution in [0.4, 0.5) is 0 Å². The van der Waals surface area contributed by atoms with Gasteiger partial charge in [-0.05, 0) is 31.2 Å². The molecule has 134 valence electrons. The molecule has 0 saturated carbocycles. The highest BCUT2D eigenvalue weighted by Gasteiger charge is 2.19. The van der Waals surface area contributed by atoms with E-state index in [0.717, 1.165) is 16.9 Å². The molecule has 2 aromatic heterocycles. The Morgan fingerprint density at radius 2 is 1.81 bits per heavy atom. The normalized spacial score (nSPS) is 10.7. The van der Waals surface area contributed by atoms with E-state index < -0.39 is 5.97 Å². The molecule has 8 nitrogen and oxygen atoms in total. The molecule has 0 aliphatic heterocycles. The highest BCUT2D eigenvalue weighted by atomic mass is 16.5. The average Bonchev–Trinajstić information content (AvgIpc) is 3.35. The van der Waals surface area contributed by atoms with E-state index in [0.29, 0.717) is 23.0 Å². The summed E-state index contributed by atoms with van der Waals surface area (Å²) in [5.74, 6) is 0.391. The lowest BCUT2D eigenvalue weighted by atomic mass is 10.2. The Hall–Kier alpha value is -3.81. The molecule has 0 spiro atoms. The molecular formula is C19H15N5O3. The number of esters is 1. The van der Waals surface area contributed by atoms with Crippen molar-refractivity contribution in [1.82, 2.24) is 25.1 Å². The van der Waals surface area contributed by atoms with Gasteiger partial charge in [-0.2, -0.15) is 4.98 Å². The van der Waals surface area contributed by atoms with Crippen LogP contribution < -0.4 is 0 Å². The molecule has 2 aromatic carbocycles. The van der Waals surface area contributed by atoms with Crippen LogP contribution in [0.15, 0.2) is 59.1 Å². The van der Waals surface area contributed by atoms with E-state index in [9.17, 15) is 4.79 Å². The van der Waals surface area contributed by atoms with Crippen molar-refractivity contribution >= 4 is 5.97 Å². The summed E-state index contributed by atoms with van der Waals surface area (Å²) < 4.78 is 11.7. The van der Waals surface area contributed by atoms with Crippen molar-refractivity contribution in [2.45, 2.75) is 6.92 Å². The first-order chi connectivity index (χ1) is 13.2. The minimum Gasteiger partial charge on any atom is -0.465 e. The average molecular weight is 361 g/mol. The first-order valence-corrected chi connectivity index (χ1v) is 8.18. The molecule has 4 rings (SSSR count). The van der Waals surface area contributed by atoms with Gasteiger partial charge < -0.3 is 9.26 Å². The SMILES string of the molecule is COC(=O)c1ccc(-n2nnc(-c3nc(-c4ccccc4)no3)c2C)cc1. The van der Waals surface area contributed by atoms with Gasteiger partial charge in [-0.15, -0.1) is 5.10 Å². The molecule has 4 aromatic rings. The summed E-state index contributed by atoms with van der Waals surface area (Å²) in [7, 11) is 1.35. The minimum atomic E-state index is -0.392. The molecular weight excluding hydrogens is 346 g/mol. The zero-order valence-corrected chi connectivity index (χ0v) is 14.7. The topological polar surface area (TPSA) is 95.9 Å². The number of carbonyl (C=O) groups excluding carboxylic acids is 1. The number of rotatable bonds is 4. The third-order valence-electron chi connectivity index (χ3n) is 4.09. The lowest BCUT2D eigenvalue weighted by Gasteiger charge is -2.04. The van der Waals surface area contributed by atoms with Crippen molar-refractivity contribution in [2.75, 3.05) is 7.11 Å². The van der Waals surface area contributed by atoms with Gasteiger partial charge >= 0.3 is 5.97 Å². The second-order valence-corrected chi connectivity index (χ2v) is 5.76. The van der Waals surface area contributed by atoms with E-state index in [-0.39, 0.29) is 0 Å². The summed E-state index contributed by atoms with van der Waals surface area (Å²) in [6.45, 7) is 1.86. The lowest BCUT2D eigenvalue weighted by molar-refractivity contribution is 0.0600. The minimum absolute atomic E-state index is 0.295. The van der Waals surface area contributed by atoms with E-state index in [1.807, 2.05) is 37.3 Å². The largest absolute Gasteiger partial charge is 0.465 e. The molecule has 0 radical (unpaired) electrons. The first-order valence-electron chi connectivity index (χ1n) is 8.18. The van der Waals surface area contributed by atoms with Gasteiger partial charge in [0, 0.05) is 5.56 Å². The number of hydrogen-bond acceptors (Lipinski definition) is 7. The Bertz CT molecular complexity index is 1080. The van der Waals surface area contributed by atoms with Crippen LogP contribution in [0.2, 0.25) is 0 Å². The fourth-order valence-corrected chi connectivity index (χ4v) is 2.65.